The quantitative estimate of drug-likeness (QED) is 0.574. The number of halogens is 1. The van der Waals surface area contributed by atoms with E-state index in [1.807, 2.05) is 12.1 Å². The van der Waals surface area contributed by atoms with Crippen molar-refractivity contribution in [2.24, 2.45) is 0 Å². The molecule has 0 amide bonds. The minimum absolute atomic E-state index is 0.0644. The lowest BCUT2D eigenvalue weighted by Gasteiger charge is -2.23. The van der Waals surface area contributed by atoms with E-state index < -0.39 is 0 Å². The molecule has 2 aromatic heterocycles. The van der Waals surface area contributed by atoms with Crippen LogP contribution in [0.4, 0.5) is 4.39 Å². The molecule has 1 aliphatic carbocycles. The predicted molar refractivity (Wildman–Crippen MR) is 114 cm³/mol. The molecule has 1 unspecified atom stereocenters. The number of aromatic nitrogens is 2. The summed E-state index contributed by atoms with van der Waals surface area (Å²) in [7, 11) is 1.67. The number of methoxy groups -OCH3 is 1. The summed E-state index contributed by atoms with van der Waals surface area (Å²) in [6.07, 6.45) is 5.89. The number of aryl methyl sites for hydroxylation is 2. The molecule has 2 heterocycles. The Morgan fingerprint density at radius 1 is 1.38 bits per heavy atom. The van der Waals surface area contributed by atoms with Gasteiger partial charge in [0.2, 0.25) is 0 Å². The zero-order chi connectivity index (χ0) is 20.2. The largest absolute Gasteiger partial charge is 0.385 e. The molecule has 1 aliphatic rings. The first kappa shape index (κ1) is 20.2. The van der Waals surface area contributed by atoms with Crippen LogP contribution in [0.15, 0.2) is 35.4 Å². The second kappa shape index (κ2) is 9.15. The number of thiophene rings is 1. The monoisotopic (exact) mass is 415 g/mol. The van der Waals surface area contributed by atoms with Crippen LogP contribution in [0.3, 0.4) is 0 Å². The van der Waals surface area contributed by atoms with Gasteiger partial charge in [-0.05, 0) is 55.8 Å². The second-order valence-electron chi connectivity index (χ2n) is 7.51. The lowest BCUT2D eigenvalue weighted by atomic mass is 9.93. The predicted octanol–water partition coefficient (Wildman–Crippen LogP) is 3.32. The molecule has 4 rings (SSSR count). The maximum Gasteiger partial charge on any atom is 0.262 e. The van der Waals surface area contributed by atoms with Crippen molar-refractivity contribution in [1.82, 2.24) is 14.9 Å². The fraction of sp³-hybridized carbons (Fsp3) is 0.455. The van der Waals surface area contributed by atoms with Crippen LogP contribution < -0.4 is 10.9 Å². The highest BCUT2D eigenvalue weighted by Crippen LogP contribution is 2.33. The van der Waals surface area contributed by atoms with Gasteiger partial charge in [0, 0.05) is 31.2 Å². The van der Waals surface area contributed by atoms with Crippen LogP contribution in [0, 0.1) is 5.82 Å². The van der Waals surface area contributed by atoms with Crippen molar-refractivity contribution in [3.05, 3.63) is 62.8 Å². The summed E-state index contributed by atoms with van der Waals surface area (Å²) in [5.41, 5.74) is 1.99. The molecular formula is C22H26FN3O2S. The van der Waals surface area contributed by atoms with Crippen molar-refractivity contribution in [2.75, 3.05) is 20.3 Å². The highest BCUT2D eigenvalue weighted by molar-refractivity contribution is 7.18. The van der Waals surface area contributed by atoms with Crippen LogP contribution in [0.25, 0.3) is 10.2 Å². The molecule has 7 heteroatoms. The maximum atomic E-state index is 13.8. The summed E-state index contributed by atoms with van der Waals surface area (Å²) < 4.78 is 20.6. The first-order valence-corrected chi connectivity index (χ1v) is 10.9. The van der Waals surface area contributed by atoms with Gasteiger partial charge in [-0.15, -0.1) is 11.3 Å². The van der Waals surface area contributed by atoms with E-state index in [9.17, 15) is 9.18 Å². The van der Waals surface area contributed by atoms with Crippen LogP contribution in [0.1, 0.15) is 28.8 Å². The van der Waals surface area contributed by atoms with Gasteiger partial charge in [0.25, 0.3) is 5.56 Å². The molecule has 0 bridgehead atoms. The van der Waals surface area contributed by atoms with E-state index in [0.29, 0.717) is 25.6 Å². The Morgan fingerprint density at radius 2 is 2.24 bits per heavy atom. The van der Waals surface area contributed by atoms with Gasteiger partial charge < -0.3 is 10.1 Å². The summed E-state index contributed by atoms with van der Waals surface area (Å²) >= 11 is 1.64. The van der Waals surface area contributed by atoms with Crippen molar-refractivity contribution in [2.45, 2.75) is 44.7 Å². The Bertz CT molecular complexity index is 1050. The van der Waals surface area contributed by atoms with E-state index in [2.05, 4.69) is 10.3 Å². The third-order valence-electron chi connectivity index (χ3n) is 5.57. The number of ether oxygens (including phenoxy) is 1. The fourth-order valence-corrected chi connectivity index (χ4v) is 5.28. The SMILES string of the molecule is COCCCn1cnc2sc3c(c2c1=O)CCC(NCCc1ccccc1F)C3. The van der Waals surface area contributed by atoms with Gasteiger partial charge >= 0.3 is 0 Å². The average Bonchev–Trinajstić information content (AvgIpc) is 3.10. The summed E-state index contributed by atoms with van der Waals surface area (Å²) in [4.78, 5) is 19.6. The number of rotatable bonds is 8. The summed E-state index contributed by atoms with van der Waals surface area (Å²) in [5, 5.41) is 4.37. The van der Waals surface area contributed by atoms with Crippen molar-refractivity contribution in [3.8, 4) is 0 Å². The molecule has 5 nitrogen and oxygen atoms in total. The van der Waals surface area contributed by atoms with E-state index in [1.54, 1.807) is 35.4 Å². The third-order valence-corrected chi connectivity index (χ3v) is 6.73. The molecule has 154 valence electrons. The Morgan fingerprint density at radius 3 is 3.07 bits per heavy atom. The zero-order valence-corrected chi connectivity index (χ0v) is 17.4. The van der Waals surface area contributed by atoms with E-state index in [1.165, 1.54) is 16.5 Å². The van der Waals surface area contributed by atoms with Crippen molar-refractivity contribution in [3.63, 3.8) is 0 Å². The van der Waals surface area contributed by atoms with E-state index >= 15 is 0 Å². The molecule has 1 N–H and O–H groups in total. The van der Waals surface area contributed by atoms with Crippen LogP contribution in [0.2, 0.25) is 0 Å². The smallest absolute Gasteiger partial charge is 0.262 e. The number of benzene rings is 1. The van der Waals surface area contributed by atoms with Crippen LogP contribution >= 0.6 is 11.3 Å². The number of hydrogen-bond acceptors (Lipinski definition) is 5. The molecule has 0 saturated heterocycles. The lowest BCUT2D eigenvalue weighted by Crippen LogP contribution is -2.35. The highest BCUT2D eigenvalue weighted by atomic mass is 32.1. The van der Waals surface area contributed by atoms with Crippen molar-refractivity contribution >= 4 is 21.6 Å². The number of nitrogens with zero attached hydrogens (tertiary/aromatic N) is 2. The molecule has 3 aromatic rings. The van der Waals surface area contributed by atoms with Crippen molar-refractivity contribution < 1.29 is 9.13 Å². The van der Waals surface area contributed by atoms with E-state index in [0.717, 1.165) is 48.0 Å². The van der Waals surface area contributed by atoms with Gasteiger partial charge in [-0.1, -0.05) is 18.2 Å². The van der Waals surface area contributed by atoms with Gasteiger partial charge in [-0.25, -0.2) is 9.37 Å². The Hall–Kier alpha value is -2.09. The molecule has 0 radical (unpaired) electrons. The topological polar surface area (TPSA) is 56.2 Å². The fourth-order valence-electron chi connectivity index (χ4n) is 4.03. The Balaban J connectivity index is 1.43. The van der Waals surface area contributed by atoms with Gasteiger partial charge in [-0.3, -0.25) is 9.36 Å². The van der Waals surface area contributed by atoms with Gasteiger partial charge in [0.15, 0.2) is 0 Å². The zero-order valence-electron chi connectivity index (χ0n) is 16.6. The molecule has 1 aromatic carbocycles. The average molecular weight is 416 g/mol. The van der Waals surface area contributed by atoms with Crippen LogP contribution in [-0.4, -0.2) is 35.9 Å². The number of fused-ring (bicyclic) bond motifs is 3. The first-order valence-electron chi connectivity index (χ1n) is 10.1. The van der Waals surface area contributed by atoms with Crippen LogP contribution in [-0.2, 0) is 30.5 Å². The molecule has 0 saturated carbocycles. The lowest BCUT2D eigenvalue weighted by molar-refractivity contribution is 0.190. The minimum Gasteiger partial charge on any atom is -0.385 e. The van der Waals surface area contributed by atoms with E-state index in [-0.39, 0.29) is 11.4 Å². The molecule has 0 spiro atoms. The highest BCUT2D eigenvalue weighted by Gasteiger charge is 2.25. The molecule has 1 atom stereocenters. The Labute approximate surface area is 173 Å². The second-order valence-corrected chi connectivity index (χ2v) is 8.59. The summed E-state index contributed by atoms with van der Waals surface area (Å²) in [6.45, 7) is 2.00. The van der Waals surface area contributed by atoms with Crippen molar-refractivity contribution in [1.29, 1.82) is 0 Å². The van der Waals surface area contributed by atoms with E-state index in [4.69, 9.17) is 4.74 Å². The molecule has 29 heavy (non-hydrogen) atoms. The minimum atomic E-state index is -0.141. The standard InChI is InChI=1S/C22H26FN3O2S/c1-28-12-4-11-26-14-25-21-20(22(26)27)17-8-7-16(13-19(17)29-21)24-10-9-15-5-2-3-6-18(15)23/h2-3,5-6,14,16,24H,4,7-13H2,1H3. The molecule has 0 aliphatic heterocycles. The normalized spacial score (nSPS) is 16.3. The third kappa shape index (κ3) is 4.42. The van der Waals surface area contributed by atoms with Gasteiger partial charge in [-0.2, -0.15) is 0 Å². The number of hydrogen-bond donors (Lipinski definition) is 1. The Kier molecular flexibility index (Phi) is 6.37. The first-order chi connectivity index (χ1) is 14.2. The van der Waals surface area contributed by atoms with Crippen LogP contribution in [0.5, 0.6) is 0 Å². The molecule has 0 fully saturated rings. The summed E-state index contributed by atoms with van der Waals surface area (Å²) in [5.74, 6) is -0.141. The summed E-state index contributed by atoms with van der Waals surface area (Å²) in [6, 6.07) is 7.29. The van der Waals surface area contributed by atoms with Gasteiger partial charge in [0.1, 0.15) is 10.6 Å². The maximum absolute atomic E-state index is 13.8. The number of nitrogens with one attached hydrogen (secondary N) is 1. The van der Waals surface area contributed by atoms with Gasteiger partial charge in [0.05, 0.1) is 11.7 Å². The molecular weight excluding hydrogens is 389 g/mol.